The van der Waals surface area contributed by atoms with Crippen LogP contribution in [0.15, 0.2) is 77.8 Å². The summed E-state index contributed by atoms with van der Waals surface area (Å²) in [5.41, 5.74) is 2.39. The minimum Gasteiger partial charge on any atom is -0.326 e. The third kappa shape index (κ3) is 4.49. The van der Waals surface area contributed by atoms with E-state index in [1.165, 1.54) is 23.5 Å². The van der Waals surface area contributed by atoms with E-state index in [0.717, 1.165) is 20.9 Å². The Morgan fingerprint density at radius 1 is 0.966 bits per heavy atom. The zero-order valence-electron chi connectivity index (χ0n) is 15.3. The number of carbonyl (C=O) groups excluding carboxylic acids is 1. The van der Waals surface area contributed by atoms with Gasteiger partial charge in [-0.3, -0.25) is 4.79 Å². The third-order valence-corrected chi connectivity index (χ3v) is 7.04. The molecule has 0 aliphatic heterocycles. The number of thiazole rings is 1. The molecule has 4 rings (SSSR count). The van der Waals surface area contributed by atoms with E-state index in [0.29, 0.717) is 5.69 Å². The summed E-state index contributed by atoms with van der Waals surface area (Å²) >= 11 is 1.50. The number of nitrogens with zero attached hydrogens (tertiary/aromatic N) is 2. The average molecular weight is 424 g/mol. The lowest BCUT2D eigenvalue weighted by molar-refractivity contribution is -0.115. The molecule has 1 amide bonds. The molecule has 2 aromatic carbocycles. The van der Waals surface area contributed by atoms with Gasteiger partial charge in [0.1, 0.15) is 15.4 Å². The third-order valence-electron chi connectivity index (χ3n) is 4.28. The zero-order valence-corrected chi connectivity index (χ0v) is 16.9. The minimum absolute atomic E-state index is 0.109. The van der Waals surface area contributed by atoms with E-state index >= 15 is 0 Å². The van der Waals surface area contributed by atoms with Crippen LogP contribution >= 0.6 is 11.3 Å². The number of benzene rings is 2. The first-order valence-corrected chi connectivity index (χ1v) is 11.4. The molecule has 0 atom stereocenters. The number of sulfone groups is 1. The van der Waals surface area contributed by atoms with Crippen LogP contribution in [0.2, 0.25) is 0 Å². The largest absolute Gasteiger partial charge is 0.326 e. The molecule has 6 nitrogen and oxygen atoms in total. The SMILES string of the molecule is O=C(CCS(=O)(=O)c1ccccc1)Nc1ccc(-c2nc3cccnc3s2)cc1. The zero-order chi connectivity index (χ0) is 20.3. The number of nitrogens with one attached hydrogen (secondary N) is 1. The number of hydrogen-bond acceptors (Lipinski definition) is 6. The van der Waals surface area contributed by atoms with E-state index in [4.69, 9.17) is 0 Å². The lowest BCUT2D eigenvalue weighted by atomic mass is 10.2. The lowest BCUT2D eigenvalue weighted by Crippen LogP contribution is -2.17. The number of carbonyl (C=O) groups is 1. The molecule has 0 spiro atoms. The fourth-order valence-corrected chi connectivity index (χ4v) is 4.96. The minimum atomic E-state index is -3.48. The number of pyridine rings is 1. The Kier molecular flexibility index (Phi) is 5.37. The van der Waals surface area contributed by atoms with Crippen LogP contribution in [-0.4, -0.2) is 30.0 Å². The number of amides is 1. The molecule has 0 bridgehead atoms. The van der Waals surface area contributed by atoms with Gasteiger partial charge in [-0.05, 0) is 48.5 Å². The fourth-order valence-electron chi connectivity index (χ4n) is 2.79. The predicted molar refractivity (Wildman–Crippen MR) is 115 cm³/mol. The van der Waals surface area contributed by atoms with Crippen molar-refractivity contribution >= 4 is 43.1 Å². The first-order chi connectivity index (χ1) is 14.0. The van der Waals surface area contributed by atoms with Crippen molar-refractivity contribution in [3.05, 3.63) is 72.9 Å². The Morgan fingerprint density at radius 2 is 1.72 bits per heavy atom. The van der Waals surface area contributed by atoms with Crippen molar-refractivity contribution in [2.75, 3.05) is 11.1 Å². The van der Waals surface area contributed by atoms with Gasteiger partial charge in [-0.2, -0.15) is 0 Å². The van der Waals surface area contributed by atoms with Gasteiger partial charge in [0.15, 0.2) is 9.84 Å². The quantitative estimate of drug-likeness (QED) is 0.503. The van der Waals surface area contributed by atoms with Crippen LogP contribution in [0.3, 0.4) is 0 Å². The number of fused-ring (bicyclic) bond motifs is 1. The molecule has 2 aromatic heterocycles. The van der Waals surface area contributed by atoms with Gasteiger partial charge in [-0.1, -0.05) is 29.5 Å². The van der Waals surface area contributed by atoms with E-state index < -0.39 is 9.84 Å². The topological polar surface area (TPSA) is 89.0 Å². The van der Waals surface area contributed by atoms with E-state index in [2.05, 4.69) is 15.3 Å². The van der Waals surface area contributed by atoms with Gasteiger partial charge in [-0.15, -0.1) is 0 Å². The summed E-state index contributed by atoms with van der Waals surface area (Å²) in [5, 5.41) is 3.59. The molecular formula is C21H17N3O3S2. The Bertz CT molecular complexity index is 1220. The highest BCUT2D eigenvalue weighted by atomic mass is 32.2. The van der Waals surface area contributed by atoms with Crippen LogP contribution in [-0.2, 0) is 14.6 Å². The molecule has 0 aliphatic carbocycles. The highest BCUT2D eigenvalue weighted by Crippen LogP contribution is 2.29. The molecule has 0 saturated heterocycles. The maximum absolute atomic E-state index is 12.3. The van der Waals surface area contributed by atoms with Crippen molar-refractivity contribution < 1.29 is 13.2 Å². The van der Waals surface area contributed by atoms with Crippen molar-refractivity contribution in [2.24, 2.45) is 0 Å². The molecule has 0 saturated carbocycles. The predicted octanol–water partition coefficient (Wildman–Crippen LogP) is 4.16. The molecule has 4 aromatic rings. The second-order valence-electron chi connectivity index (χ2n) is 6.35. The molecular weight excluding hydrogens is 406 g/mol. The number of aromatic nitrogens is 2. The van der Waals surface area contributed by atoms with Crippen molar-refractivity contribution in [1.29, 1.82) is 0 Å². The second-order valence-corrected chi connectivity index (χ2v) is 9.44. The van der Waals surface area contributed by atoms with Gasteiger partial charge in [0, 0.05) is 23.9 Å². The van der Waals surface area contributed by atoms with Crippen LogP contribution in [0.4, 0.5) is 5.69 Å². The standard InChI is InChI=1S/C21H17N3O3S2/c25-19(12-14-29(26,27)17-5-2-1-3-6-17)23-16-10-8-15(9-11-16)20-24-18-7-4-13-22-21(18)28-20/h1-11,13H,12,14H2,(H,23,25). The first kappa shape index (κ1) is 19.2. The summed E-state index contributed by atoms with van der Waals surface area (Å²) in [5.74, 6) is -0.582. The van der Waals surface area contributed by atoms with Crippen LogP contribution in [0, 0.1) is 0 Å². The molecule has 8 heteroatoms. The summed E-state index contributed by atoms with van der Waals surface area (Å²) in [7, 11) is -3.48. The lowest BCUT2D eigenvalue weighted by Gasteiger charge is -2.07. The van der Waals surface area contributed by atoms with Gasteiger partial charge in [0.2, 0.25) is 5.91 Å². The van der Waals surface area contributed by atoms with Gasteiger partial charge in [0.05, 0.1) is 10.6 Å². The van der Waals surface area contributed by atoms with Crippen LogP contribution in [0.25, 0.3) is 20.9 Å². The first-order valence-electron chi connectivity index (χ1n) is 8.91. The van der Waals surface area contributed by atoms with Crippen molar-refractivity contribution in [3.63, 3.8) is 0 Å². The smallest absolute Gasteiger partial charge is 0.225 e. The highest BCUT2D eigenvalue weighted by Gasteiger charge is 2.16. The van der Waals surface area contributed by atoms with Crippen LogP contribution in [0.5, 0.6) is 0 Å². The van der Waals surface area contributed by atoms with Crippen LogP contribution in [0.1, 0.15) is 6.42 Å². The van der Waals surface area contributed by atoms with Gasteiger partial charge in [-0.25, -0.2) is 18.4 Å². The monoisotopic (exact) mass is 423 g/mol. The molecule has 0 aliphatic rings. The van der Waals surface area contributed by atoms with E-state index in [1.807, 2.05) is 24.3 Å². The average Bonchev–Trinajstić information content (AvgIpc) is 3.18. The molecule has 0 unspecified atom stereocenters. The maximum Gasteiger partial charge on any atom is 0.225 e. The highest BCUT2D eigenvalue weighted by molar-refractivity contribution is 7.91. The summed E-state index contributed by atoms with van der Waals surface area (Å²) < 4.78 is 24.5. The van der Waals surface area contributed by atoms with Gasteiger partial charge >= 0.3 is 0 Å². The number of rotatable bonds is 6. The summed E-state index contributed by atoms with van der Waals surface area (Å²) in [6, 6.07) is 19.2. The van der Waals surface area contributed by atoms with Gasteiger partial charge < -0.3 is 5.32 Å². The summed E-state index contributed by atoms with van der Waals surface area (Å²) in [6.45, 7) is 0. The normalized spacial score (nSPS) is 11.4. The van der Waals surface area contributed by atoms with E-state index in [9.17, 15) is 13.2 Å². The van der Waals surface area contributed by atoms with Gasteiger partial charge in [0.25, 0.3) is 0 Å². The Morgan fingerprint density at radius 3 is 2.45 bits per heavy atom. The molecule has 2 heterocycles. The summed E-state index contributed by atoms with van der Waals surface area (Å²) in [4.78, 5) is 22.1. The van der Waals surface area contributed by atoms with E-state index in [-0.39, 0.29) is 23.0 Å². The van der Waals surface area contributed by atoms with Crippen LogP contribution < -0.4 is 5.32 Å². The molecule has 0 fully saturated rings. The molecule has 29 heavy (non-hydrogen) atoms. The summed E-state index contributed by atoms with van der Waals surface area (Å²) in [6.07, 6.45) is 1.63. The molecule has 1 N–H and O–H groups in total. The second kappa shape index (κ2) is 8.10. The number of hydrogen-bond donors (Lipinski definition) is 1. The maximum atomic E-state index is 12.3. The Balaban J connectivity index is 1.39. The molecule has 146 valence electrons. The number of anilines is 1. The Hall–Kier alpha value is -3.10. The van der Waals surface area contributed by atoms with Crippen molar-refractivity contribution in [2.45, 2.75) is 11.3 Å². The Labute approximate surface area is 172 Å². The van der Waals surface area contributed by atoms with Crippen molar-refractivity contribution in [3.8, 4) is 10.6 Å². The van der Waals surface area contributed by atoms with E-state index in [1.54, 1.807) is 36.5 Å². The van der Waals surface area contributed by atoms with Crippen molar-refractivity contribution in [1.82, 2.24) is 9.97 Å². The fraction of sp³-hybridized carbons (Fsp3) is 0.0952. The molecule has 0 radical (unpaired) electrons.